The molecule has 0 spiro atoms. The number of fused-ring (bicyclic) bond motifs is 1. The lowest BCUT2D eigenvalue weighted by molar-refractivity contribution is -0.0206. The van der Waals surface area contributed by atoms with Gasteiger partial charge in [0.25, 0.3) is 5.92 Å². The summed E-state index contributed by atoms with van der Waals surface area (Å²) >= 11 is 3.26. The fraction of sp³-hybridized carbons (Fsp3) is 0.571. The van der Waals surface area contributed by atoms with Crippen molar-refractivity contribution in [3.63, 3.8) is 0 Å². The topological polar surface area (TPSA) is 42.4 Å². The van der Waals surface area contributed by atoms with Gasteiger partial charge < -0.3 is 4.74 Å². The minimum atomic E-state index is -3.04. The second-order valence-corrected chi connectivity index (χ2v) is 6.87. The molecule has 0 aromatic carbocycles. The molecule has 1 aromatic heterocycles. The molecule has 2 rings (SSSR count). The van der Waals surface area contributed by atoms with Crippen LogP contribution in [0.4, 0.5) is 19.3 Å². The molecule has 1 amide bonds. The van der Waals surface area contributed by atoms with Crippen LogP contribution in [0.5, 0.6) is 0 Å². The predicted octanol–water partition coefficient (Wildman–Crippen LogP) is 4.39. The summed E-state index contributed by atoms with van der Waals surface area (Å²) in [7, 11) is 0. The van der Waals surface area contributed by atoms with E-state index in [2.05, 4.69) is 20.9 Å². The Kier molecular flexibility index (Phi) is 3.99. The highest BCUT2D eigenvalue weighted by molar-refractivity contribution is 9.10. The van der Waals surface area contributed by atoms with E-state index in [1.54, 1.807) is 27.7 Å². The predicted molar refractivity (Wildman–Crippen MR) is 78.8 cm³/mol. The van der Waals surface area contributed by atoms with E-state index in [0.717, 1.165) is 0 Å². The third-order valence-electron chi connectivity index (χ3n) is 3.12. The normalized spacial score (nSPS) is 17.4. The number of hydrogen-bond acceptors (Lipinski definition) is 3. The van der Waals surface area contributed by atoms with Crippen molar-refractivity contribution < 1.29 is 18.3 Å². The first-order valence-electron chi connectivity index (χ1n) is 6.57. The summed E-state index contributed by atoms with van der Waals surface area (Å²) in [5.74, 6) is -3.04. The molecule has 4 nitrogen and oxygen atoms in total. The number of ether oxygens (including phenoxy) is 1. The largest absolute Gasteiger partial charge is 0.443 e. The number of alkyl halides is 2. The van der Waals surface area contributed by atoms with Gasteiger partial charge in [0.2, 0.25) is 0 Å². The van der Waals surface area contributed by atoms with Gasteiger partial charge in [0.05, 0.1) is 5.69 Å². The standard InChI is InChI=1S/C14H17BrF2N2O2/c1-8-9(15)7-18-11-10(8)19(6-5-14(11,16)17)12(20)21-13(2,3)4/h7H,5-6H2,1-4H3. The van der Waals surface area contributed by atoms with Crippen molar-refractivity contribution >= 4 is 27.7 Å². The molecule has 0 fully saturated rings. The highest BCUT2D eigenvalue weighted by Gasteiger charge is 2.44. The summed E-state index contributed by atoms with van der Waals surface area (Å²) in [5.41, 5.74) is -0.384. The van der Waals surface area contributed by atoms with Crippen molar-refractivity contribution in [2.45, 2.75) is 45.6 Å². The number of nitrogens with zero attached hydrogens (tertiary/aromatic N) is 2. The van der Waals surface area contributed by atoms with Gasteiger partial charge in [-0.25, -0.2) is 4.79 Å². The van der Waals surface area contributed by atoms with E-state index in [9.17, 15) is 13.6 Å². The first-order chi connectivity index (χ1) is 9.53. The van der Waals surface area contributed by atoms with Crippen molar-refractivity contribution in [2.75, 3.05) is 11.4 Å². The lowest BCUT2D eigenvalue weighted by Gasteiger charge is -2.35. The Hall–Kier alpha value is -1.24. The van der Waals surface area contributed by atoms with E-state index in [1.165, 1.54) is 11.1 Å². The highest BCUT2D eigenvalue weighted by atomic mass is 79.9. The van der Waals surface area contributed by atoms with Crippen LogP contribution in [0.3, 0.4) is 0 Å². The quantitative estimate of drug-likeness (QED) is 0.687. The van der Waals surface area contributed by atoms with Gasteiger partial charge in [-0.3, -0.25) is 9.88 Å². The number of carbonyl (C=O) groups excluding carboxylic acids is 1. The number of carbonyl (C=O) groups is 1. The van der Waals surface area contributed by atoms with Crippen LogP contribution < -0.4 is 4.90 Å². The Labute approximate surface area is 130 Å². The van der Waals surface area contributed by atoms with E-state index in [4.69, 9.17) is 4.74 Å². The van der Waals surface area contributed by atoms with Gasteiger partial charge in [-0.1, -0.05) is 0 Å². The molecule has 116 valence electrons. The zero-order chi connectivity index (χ0) is 16.0. The van der Waals surface area contributed by atoms with Crippen molar-refractivity contribution in [3.05, 3.63) is 21.9 Å². The molecule has 1 aromatic rings. The number of aromatic nitrogens is 1. The van der Waals surface area contributed by atoms with Gasteiger partial charge in [0, 0.05) is 23.6 Å². The third kappa shape index (κ3) is 3.17. The maximum absolute atomic E-state index is 14.0. The molecule has 0 saturated carbocycles. The van der Waals surface area contributed by atoms with E-state index in [-0.39, 0.29) is 17.9 Å². The Morgan fingerprint density at radius 2 is 2.10 bits per heavy atom. The number of pyridine rings is 1. The van der Waals surface area contributed by atoms with Gasteiger partial charge in [0.15, 0.2) is 0 Å². The molecular formula is C14H17BrF2N2O2. The first kappa shape index (κ1) is 16.1. The summed E-state index contributed by atoms with van der Waals surface area (Å²) < 4.78 is 33.9. The van der Waals surface area contributed by atoms with Gasteiger partial charge in [-0.2, -0.15) is 8.78 Å². The van der Waals surface area contributed by atoms with E-state index >= 15 is 0 Å². The van der Waals surface area contributed by atoms with Gasteiger partial charge in [0.1, 0.15) is 11.3 Å². The van der Waals surface area contributed by atoms with Crippen LogP contribution in [-0.2, 0) is 10.7 Å². The van der Waals surface area contributed by atoms with E-state index < -0.39 is 24.0 Å². The molecule has 7 heteroatoms. The van der Waals surface area contributed by atoms with Crippen molar-refractivity contribution in [1.82, 2.24) is 4.98 Å². The minimum Gasteiger partial charge on any atom is -0.443 e. The van der Waals surface area contributed by atoms with E-state index in [1.807, 2.05) is 0 Å². The molecule has 0 radical (unpaired) electrons. The van der Waals surface area contributed by atoms with Crippen molar-refractivity contribution in [3.8, 4) is 0 Å². The minimum absolute atomic E-state index is 0.103. The molecule has 0 bridgehead atoms. The van der Waals surface area contributed by atoms with Gasteiger partial charge >= 0.3 is 6.09 Å². The van der Waals surface area contributed by atoms with Crippen LogP contribution in [0.2, 0.25) is 0 Å². The van der Waals surface area contributed by atoms with Crippen LogP contribution in [0.25, 0.3) is 0 Å². The van der Waals surface area contributed by atoms with Crippen LogP contribution >= 0.6 is 15.9 Å². The second-order valence-electron chi connectivity index (χ2n) is 6.01. The van der Waals surface area contributed by atoms with Crippen LogP contribution in [0.1, 0.15) is 38.4 Å². The maximum atomic E-state index is 14.0. The number of halogens is 3. The number of rotatable bonds is 0. The summed E-state index contributed by atoms with van der Waals surface area (Å²) in [6.45, 7) is 6.76. The zero-order valence-electron chi connectivity index (χ0n) is 12.3. The number of anilines is 1. The number of amides is 1. The molecule has 2 heterocycles. The fourth-order valence-corrected chi connectivity index (χ4v) is 2.44. The molecule has 0 N–H and O–H groups in total. The lowest BCUT2D eigenvalue weighted by atomic mass is 10.0. The average molecular weight is 363 g/mol. The molecule has 21 heavy (non-hydrogen) atoms. The Bertz CT molecular complexity index is 585. The zero-order valence-corrected chi connectivity index (χ0v) is 13.9. The van der Waals surface area contributed by atoms with E-state index in [0.29, 0.717) is 10.0 Å². The highest BCUT2D eigenvalue weighted by Crippen LogP contribution is 2.44. The fourth-order valence-electron chi connectivity index (χ4n) is 2.15. The maximum Gasteiger partial charge on any atom is 0.414 e. The Morgan fingerprint density at radius 1 is 1.48 bits per heavy atom. The van der Waals surface area contributed by atoms with Crippen LogP contribution in [-0.4, -0.2) is 23.2 Å². The van der Waals surface area contributed by atoms with Crippen LogP contribution in [0, 0.1) is 6.92 Å². The van der Waals surface area contributed by atoms with Crippen molar-refractivity contribution in [1.29, 1.82) is 0 Å². The second kappa shape index (κ2) is 5.19. The molecule has 1 aliphatic rings. The third-order valence-corrected chi connectivity index (χ3v) is 3.92. The smallest absolute Gasteiger partial charge is 0.414 e. The van der Waals surface area contributed by atoms with Gasteiger partial charge in [-0.15, -0.1) is 0 Å². The molecule has 0 unspecified atom stereocenters. The molecular weight excluding hydrogens is 346 g/mol. The summed E-state index contributed by atoms with van der Waals surface area (Å²) in [5, 5.41) is 0. The summed E-state index contributed by atoms with van der Waals surface area (Å²) in [6, 6.07) is 0. The molecule has 1 aliphatic heterocycles. The molecule has 0 atom stereocenters. The van der Waals surface area contributed by atoms with Crippen LogP contribution in [0.15, 0.2) is 10.7 Å². The Balaban J connectivity index is 2.49. The molecule has 0 aliphatic carbocycles. The van der Waals surface area contributed by atoms with Gasteiger partial charge in [-0.05, 0) is 49.2 Å². The average Bonchev–Trinajstić information content (AvgIpc) is 2.31. The lowest BCUT2D eigenvalue weighted by Crippen LogP contribution is -2.43. The monoisotopic (exact) mass is 362 g/mol. The SMILES string of the molecule is Cc1c(Br)cnc2c1N(C(=O)OC(C)(C)C)CCC2(F)F. The first-order valence-corrected chi connectivity index (χ1v) is 7.36. The number of hydrogen-bond donors (Lipinski definition) is 0. The summed E-state index contributed by atoms with van der Waals surface area (Å²) in [4.78, 5) is 17.3. The van der Waals surface area contributed by atoms with Crippen molar-refractivity contribution in [2.24, 2.45) is 0 Å². The molecule has 0 saturated heterocycles. The summed E-state index contributed by atoms with van der Waals surface area (Å²) in [6.07, 6.45) is 0.232. The Morgan fingerprint density at radius 3 is 2.67 bits per heavy atom.